The lowest BCUT2D eigenvalue weighted by Crippen LogP contribution is -2.40. The number of nitrogens with zero attached hydrogens (tertiary/aromatic N) is 3. The lowest BCUT2D eigenvalue weighted by molar-refractivity contribution is -0.134. The highest BCUT2D eigenvalue weighted by molar-refractivity contribution is 5.79. The minimum absolute atomic E-state index is 0.0915. The van der Waals surface area contributed by atoms with E-state index in [-0.39, 0.29) is 17.5 Å². The van der Waals surface area contributed by atoms with Gasteiger partial charge in [0.05, 0.1) is 22.6 Å². The van der Waals surface area contributed by atoms with Crippen LogP contribution in [0.5, 0.6) is 0 Å². The van der Waals surface area contributed by atoms with Crippen molar-refractivity contribution in [3.8, 4) is 5.69 Å². The molecule has 3 aromatic rings. The topological polar surface area (TPSA) is 55.2 Å². The molecular formula is C29H39N3O2. The third-order valence-electron chi connectivity index (χ3n) is 6.34. The van der Waals surface area contributed by atoms with Gasteiger partial charge in [0.2, 0.25) is 5.91 Å². The van der Waals surface area contributed by atoms with Crippen LogP contribution in [-0.4, -0.2) is 26.9 Å². The fourth-order valence-corrected chi connectivity index (χ4v) is 4.51. The smallest absolute Gasteiger partial charge is 0.266 e. The van der Waals surface area contributed by atoms with Crippen molar-refractivity contribution in [1.82, 2.24) is 14.5 Å². The van der Waals surface area contributed by atoms with Crippen molar-refractivity contribution in [2.45, 2.75) is 79.2 Å². The number of para-hydroxylation sites is 1. The van der Waals surface area contributed by atoms with Gasteiger partial charge in [0.1, 0.15) is 5.82 Å². The maximum atomic E-state index is 13.8. The maximum Gasteiger partial charge on any atom is 0.266 e. The molecule has 0 radical (unpaired) electrons. The molecule has 5 heteroatoms. The molecule has 1 unspecified atom stereocenters. The molecule has 0 aliphatic carbocycles. The molecule has 0 saturated heterocycles. The van der Waals surface area contributed by atoms with E-state index in [0.29, 0.717) is 42.0 Å². The zero-order valence-corrected chi connectivity index (χ0v) is 21.4. The van der Waals surface area contributed by atoms with Gasteiger partial charge in [0.15, 0.2) is 0 Å². The van der Waals surface area contributed by atoms with E-state index in [4.69, 9.17) is 4.98 Å². The summed E-state index contributed by atoms with van der Waals surface area (Å²) in [6, 6.07) is 15.3. The van der Waals surface area contributed by atoms with Gasteiger partial charge >= 0.3 is 0 Å². The Bertz CT molecular complexity index is 1150. The van der Waals surface area contributed by atoms with E-state index < -0.39 is 0 Å². The minimum Gasteiger partial charge on any atom is -0.332 e. The van der Waals surface area contributed by atoms with Gasteiger partial charge in [-0.3, -0.25) is 14.2 Å². The molecule has 0 aliphatic rings. The Labute approximate surface area is 203 Å². The molecule has 1 atom stereocenters. The second-order valence-electron chi connectivity index (χ2n) is 9.47. The van der Waals surface area contributed by atoms with Crippen LogP contribution < -0.4 is 5.56 Å². The second kappa shape index (κ2) is 12.0. The Morgan fingerprint density at radius 3 is 2.32 bits per heavy atom. The van der Waals surface area contributed by atoms with Crippen LogP contribution in [0.15, 0.2) is 53.3 Å². The quantitative estimate of drug-likeness (QED) is 0.308. The predicted molar refractivity (Wildman–Crippen MR) is 140 cm³/mol. The van der Waals surface area contributed by atoms with Gasteiger partial charge in [-0.2, -0.15) is 0 Å². The number of hydrogen-bond donors (Lipinski definition) is 0. The molecular weight excluding hydrogens is 422 g/mol. The third-order valence-corrected chi connectivity index (χ3v) is 6.34. The normalized spacial score (nSPS) is 12.3. The van der Waals surface area contributed by atoms with Gasteiger partial charge < -0.3 is 4.90 Å². The second-order valence-corrected chi connectivity index (χ2v) is 9.47. The molecule has 0 bridgehead atoms. The van der Waals surface area contributed by atoms with Crippen molar-refractivity contribution >= 4 is 16.8 Å². The molecule has 1 aromatic heterocycles. The molecule has 1 heterocycles. The summed E-state index contributed by atoms with van der Waals surface area (Å²) in [5, 5.41) is 0.588. The summed E-state index contributed by atoms with van der Waals surface area (Å²) >= 11 is 0. The molecule has 34 heavy (non-hydrogen) atoms. The summed E-state index contributed by atoms with van der Waals surface area (Å²) in [5.41, 5.74) is 2.58. The predicted octanol–water partition coefficient (Wildman–Crippen LogP) is 6.46. The highest BCUT2D eigenvalue weighted by Gasteiger charge is 2.29. The van der Waals surface area contributed by atoms with E-state index in [0.717, 1.165) is 31.4 Å². The monoisotopic (exact) mass is 461 g/mol. The number of hydrogen-bond acceptors (Lipinski definition) is 3. The number of carbonyl (C=O) groups excluding carboxylic acids is 1. The van der Waals surface area contributed by atoms with Crippen LogP contribution in [0.4, 0.5) is 0 Å². The van der Waals surface area contributed by atoms with Crippen molar-refractivity contribution in [1.29, 1.82) is 0 Å². The number of benzene rings is 2. The Morgan fingerprint density at radius 1 is 1.00 bits per heavy atom. The number of aryl methyl sites for hydroxylation is 1. The van der Waals surface area contributed by atoms with Crippen molar-refractivity contribution in [2.24, 2.45) is 5.92 Å². The van der Waals surface area contributed by atoms with Gasteiger partial charge in [0.25, 0.3) is 5.56 Å². The molecule has 0 N–H and O–H groups in total. The van der Waals surface area contributed by atoms with Crippen molar-refractivity contribution < 1.29 is 4.79 Å². The van der Waals surface area contributed by atoms with Crippen LogP contribution in [0, 0.1) is 5.92 Å². The van der Waals surface area contributed by atoms with Crippen LogP contribution in [0.3, 0.4) is 0 Å². The highest BCUT2D eigenvalue weighted by atomic mass is 16.2. The summed E-state index contributed by atoms with van der Waals surface area (Å²) in [6.07, 6.45) is 5.15. The van der Waals surface area contributed by atoms with Gasteiger partial charge in [-0.1, -0.05) is 71.7 Å². The number of fused-ring (bicyclic) bond motifs is 1. The van der Waals surface area contributed by atoms with Crippen LogP contribution in [0.1, 0.15) is 84.2 Å². The standard InChI is InChI=1S/C29H39N3O2/c1-6-9-10-15-27(33)31(20-21(4)5)26(8-3)28-30-25-14-12-11-13-24(25)29(34)32(28)23-18-16-22(7-2)17-19-23/h11-14,16-19,21,26H,6-10,15,20H2,1-5H3. The molecule has 182 valence electrons. The molecule has 3 rings (SSSR count). The van der Waals surface area contributed by atoms with Crippen molar-refractivity contribution in [3.05, 3.63) is 70.3 Å². The van der Waals surface area contributed by atoms with E-state index in [1.165, 1.54) is 5.56 Å². The van der Waals surface area contributed by atoms with Gasteiger partial charge in [-0.25, -0.2) is 4.98 Å². The molecule has 0 saturated carbocycles. The fourth-order valence-electron chi connectivity index (χ4n) is 4.51. The average molecular weight is 462 g/mol. The third kappa shape index (κ3) is 5.75. The number of carbonyl (C=O) groups is 1. The largest absolute Gasteiger partial charge is 0.332 e. The summed E-state index contributed by atoms with van der Waals surface area (Å²) in [4.78, 5) is 34.2. The number of rotatable bonds is 11. The number of aromatic nitrogens is 2. The fraction of sp³-hybridized carbons (Fsp3) is 0.483. The zero-order valence-electron chi connectivity index (χ0n) is 21.4. The number of amides is 1. The molecule has 2 aromatic carbocycles. The van der Waals surface area contributed by atoms with E-state index in [1.54, 1.807) is 4.57 Å². The first-order valence-electron chi connectivity index (χ1n) is 12.8. The Kier molecular flexibility index (Phi) is 9.03. The van der Waals surface area contributed by atoms with Crippen LogP contribution in [-0.2, 0) is 11.2 Å². The van der Waals surface area contributed by atoms with Crippen LogP contribution in [0.2, 0.25) is 0 Å². The lowest BCUT2D eigenvalue weighted by Gasteiger charge is -2.33. The highest BCUT2D eigenvalue weighted by Crippen LogP contribution is 2.28. The summed E-state index contributed by atoms with van der Waals surface area (Å²) in [6.45, 7) is 11.2. The number of unbranched alkanes of at least 4 members (excludes halogenated alkanes) is 2. The summed E-state index contributed by atoms with van der Waals surface area (Å²) < 4.78 is 1.72. The first-order valence-corrected chi connectivity index (χ1v) is 12.8. The summed E-state index contributed by atoms with van der Waals surface area (Å²) in [7, 11) is 0. The maximum absolute atomic E-state index is 13.8. The average Bonchev–Trinajstić information content (AvgIpc) is 2.84. The first-order chi connectivity index (χ1) is 16.4. The van der Waals surface area contributed by atoms with E-state index in [1.807, 2.05) is 41.3 Å². The van der Waals surface area contributed by atoms with E-state index >= 15 is 0 Å². The Balaban J connectivity index is 2.20. The molecule has 0 spiro atoms. The Hall–Kier alpha value is -2.95. The summed E-state index contributed by atoms with van der Waals surface area (Å²) in [5.74, 6) is 1.10. The van der Waals surface area contributed by atoms with Gasteiger partial charge in [-0.15, -0.1) is 0 Å². The van der Waals surface area contributed by atoms with Gasteiger partial charge in [-0.05, 0) is 55.0 Å². The molecule has 0 fully saturated rings. The molecule has 1 amide bonds. The van der Waals surface area contributed by atoms with E-state index in [9.17, 15) is 9.59 Å². The minimum atomic E-state index is -0.278. The van der Waals surface area contributed by atoms with Crippen molar-refractivity contribution in [3.63, 3.8) is 0 Å². The van der Waals surface area contributed by atoms with Crippen LogP contribution >= 0.6 is 0 Å². The van der Waals surface area contributed by atoms with E-state index in [2.05, 4.69) is 46.8 Å². The molecule has 0 aliphatic heterocycles. The zero-order chi connectivity index (χ0) is 24.7. The SMILES string of the molecule is CCCCCC(=O)N(CC(C)C)C(CC)c1nc2ccccc2c(=O)n1-c1ccc(CC)cc1. The van der Waals surface area contributed by atoms with Crippen molar-refractivity contribution in [2.75, 3.05) is 6.54 Å². The Morgan fingerprint density at radius 2 is 1.71 bits per heavy atom. The lowest BCUT2D eigenvalue weighted by atomic mass is 10.1. The molecule has 5 nitrogen and oxygen atoms in total. The van der Waals surface area contributed by atoms with Crippen LogP contribution in [0.25, 0.3) is 16.6 Å². The van der Waals surface area contributed by atoms with Gasteiger partial charge in [0, 0.05) is 13.0 Å². The first kappa shape index (κ1) is 25.7.